The Morgan fingerprint density at radius 1 is 1.40 bits per heavy atom. The van der Waals surface area contributed by atoms with E-state index in [1.54, 1.807) is 17.2 Å². The lowest BCUT2D eigenvalue weighted by Crippen LogP contribution is -2.26. The molecule has 0 saturated carbocycles. The third kappa shape index (κ3) is 2.84. The Kier molecular flexibility index (Phi) is 3.67. The fourth-order valence-corrected chi connectivity index (χ4v) is 3.15. The summed E-state index contributed by atoms with van der Waals surface area (Å²) in [5.41, 5.74) is 3.34. The van der Waals surface area contributed by atoms with Crippen LogP contribution >= 0.6 is 0 Å². The number of carbonyl (C=O) groups is 1. The molecule has 1 amide bonds. The average Bonchev–Trinajstić information content (AvgIpc) is 3.28. The van der Waals surface area contributed by atoms with Gasteiger partial charge in [-0.1, -0.05) is 0 Å². The number of amides is 1. The van der Waals surface area contributed by atoms with Gasteiger partial charge in [-0.25, -0.2) is 9.97 Å². The van der Waals surface area contributed by atoms with E-state index in [9.17, 15) is 4.79 Å². The lowest BCUT2D eigenvalue weighted by molar-refractivity contribution is -0.119. The van der Waals surface area contributed by atoms with E-state index in [-0.39, 0.29) is 17.9 Å². The maximum atomic E-state index is 11.5. The van der Waals surface area contributed by atoms with E-state index in [4.69, 9.17) is 9.72 Å². The first-order chi connectivity index (χ1) is 12.0. The summed E-state index contributed by atoms with van der Waals surface area (Å²) < 4.78 is 9.81. The first-order valence-corrected chi connectivity index (χ1v) is 8.25. The van der Waals surface area contributed by atoms with E-state index in [1.807, 2.05) is 37.8 Å². The van der Waals surface area contributed by atoms with Crippen molar-refractivity contribution < 1.29 is 9.53 Å². The number of ether oxygens (including phenoxy) is 1. The molecule has 3 aromatic heterocycles. The predicted molar refractivity (Wildman–Crippen MR) is 91.9 cm³/mol. The van der Waals surface area contributed by atoms with Crippen LogP contribution in [-0.4, -0.2) is 42.9 Å². The van der Waals surface area contributed by atoms with Gasteiger partial charge in [0.05, 0.1) is 23.7 Å². The Morgan fingerprint density at radius 3 is 2.92 bits per heavy atom. The van der Waals surface area contributed by atoms with Crippen LogP contribution in [0.3, 0.4) is 0 Å². The van der Waals surface area contributed by atoms with E-state index >= 15 is 0 Å². The highest BCUT2D eigenvalue weighted by Crippen LogP contribution is 2.30. The van der Waals surface area contributed by atoms with Crippen LogP contribution in [0.2, 0.25) is 0 Å². The molecule has 1 N–H and O–H groups in total. The number of fused-ring (bicyclic) bond motifs is 1. The van der Waals surface area contributed by atoms with Crippen LogP contribution in [0, 0.1) is 5.92 Å². The Bertz CT molecular complexity index is 944. The number of aromatic nitrogens is 5. The van der Waals surface area contributed by atoms with Crippen LogP contribution in [0.15, 0.2) is 24.8 Å². The van der Waals surface area contributed by atoms with Gasteiger partial charge in [0.25, 0.3) is 0 Å². The van der Waals surface area contributed by atoms with Gasteiger partial charge in [-0.3, -0.25) is 9.48 Å². The van der Waals surface area contributed by atoms with Crippen molar-refractivity contribution in [3.05, 3.63) is 24.8 Å². The summed E-state index contributed by atoms with van der Waals surface area (Å²) >= 11 is 0. The molecule has 0 radical (unpaired) electrons. The second-order valence-electron chi connectivity index (χ2n) is 6.53. The molecule has 3 aromatic rings. The van der Waals surface area contributed by atoms with E-state index in [2.05, 4.69) is 15.4 Å². The zero-order chi connectivity index (χ0) is 17.6. The molecule has 4 rings (SSSR count). The summed E-state index contributed by atoms with van der Waals surface area (Å²) in [6.07, 6.45) is 5.78. The van der Waals surface area contributed by atoms with Crippen molar-refractivity contribution in [3.8, 4) is 17.1 Å². The van der Waals surface area contributed by atoms with Gasteiger partial charge in [0, 0.05) is 44.7 Å². The zero-order valence-corrected chi connectivity index (χ0v) is 14.4. The molecule has 0 unspecified atom stereocenters. The van der Waals surface area contributed by atoms with E-state index < -0.39 is 0 Å². The van der Waals surface area contributed by atoms with Crippen LogP contribution in [0.5, 0.6) is 5.88 Å². The number of nitrogens with one attached hydrogen (secondary N) is 1. The number of hydrogen-bond donors (Lipinski definition) is 1. The van der Waals surface area contributed by atoms with Crippen LogP contribution in [0.1, 0.15) is 13.3 Å². The predicted octanol–water partition coefficient (Wildman–Crippen LogP) is 1.27. The number of hydrogen-bond acceptors (Lipinski definition) is 5. The van der Waals surface area contributed by atoms with Crippen LogP contribution < -0.4 is 10.1 Å². The number of aryl methyl sites for hydroxylation is 2. The van der Waals surface area contributed by atoms with Gasteiger partial charge >= 0.3 is 0 Å². The van der Waals surface area contributed by atoms with Crippen molar-refractivity contribution in [3.63, 3.8) is 0 Å². The minimum Gasteiger partial charge on any atom is -0.473 e. The molecule has 4 heterocycles. The molecule has 8 heteroatoms. The van der Waals surface area contributed by atoms with Crippen LogP contribution in [0.4, 0.5) is 0 Å². The molecular formula is C17H20N6O2. The van der Waals surface area contributed by atoms with Crippen molar-refractivity contribution in [2.75, 3.05) is 6.54 Å². The standard InChI is InChI=1S/C17H20N6O2/c1-10(11-4-15(24)18-6-11)25-17-16-14(19-9-22(16)2)5-13(21-17)12-7-20-23(3)8-12/h5,7-11H,4,6H2,1-3H3,(H,18,24)/t10-,11-/m1/s1. The summed E-state index contributed by atoms with van der Waals surface area (Å²) in [7, 11) is 3.78. The van der Waals surface area contributed by atoms with Gasteiger partial charge in [0.1, 0.15) is 11.6 Å². The SMILES string of the molecule is C[C@@H](Oc1nc(-c2cnn(C)c2)cc2ncn(C)c12)[C@H]1CNC(=O)C1. The van der Waals surface area contributed by atoms with Gasteiger partial charge in [0.2, 0.25) is 11.8 Å². The number of imidazole rings is 1. The van der Waals surface area contributed by atoms with Gasteiger partial charge in [-0.2, -0.15) is 5.10 Å². The second kappa shape index (κ2) is 5.87. The monoisotopic (exact) mass is 340 g/mol. The molecule has 0 aromatic carbocycles. The first kappa shape index (κ1) is 15.6. The lowest BCUT2D eigenvalue weighted by Gasteiger charge is -2.20. The molecule has 2 atom stereocenters. The van der Waals surface area contributed by atoms with E-state index in [0.717, 1.165) is 22.3 Å². The first-order valence-electron chi connectivity index (χ1n) is 8.25. The molecule has 1 fully saturated rings. The Balaban J connectivity index is 1.73. The molecule has 25 heavy (non-hydrogen) atoms. The zero-order valence-electron chi connectivity index (χ0n) is 14.4. The molecule has 0 aliphatic carbocycles. The molecule has 1 aliphatic heterocycles. The maximum Gasteiger partial charge on any atom is 0.241 e. The van der Waals surface area contributed by atoms with Gasteiger partial charge in [0.15, 0.2) is 0 Å². The summed E-state index contributed by atoms with van der Waals surface area (Å²) in [5.74, 6) is 0.742. The largest absolute Gasteiger partial charge is 0.473 e. The van der Waals surface area contributed by atoms with Crippen LogP contribution in [-0.2, 0) is 18.9 Å². The minimum atomic E-state index is -0.131. The number of rotatable bonds is 4. The summed E-state index contributed by atoms with van der Waals surface area (Å²) in [5, 5.41) is 7.06. The topological polar surface area (TPSA) is 86.9 Å². The summed E-state index contributed by atoms with van der Waals surface area (Å²) in [6.45, 7) is 2.61. The molecule has 1 saturated heterocycles. The minimum absolute atomic E-state index is 0.0724. The van der Waals surface area contributed by atoms with Crippen molar-refractivity contribution in [2.24, 2.45) is 20.0 Å². The average molecular weight is 340 g/mol. The summed E-state index contributed by atoms with van der Waals surface area (Å²) in [6, 6.07) is 1.94. The van der Waals surface area contributed by atoms with Crippen LogP contribution in [0.25, 0.3) is 22.3 Å². The molecule has 0 spiro atoms. The smallest absolute Gasteiger partial charge is 0.241 e. The van der Waals surface area contributed by atoms with Gasteiger partial charge in [-0.15, -0.1) is 0 Å². The maximum absolute atomic E-state index is 11.5. The fraction of sp³-hybridized carbons (Fsp3) is 0.412. The van der Waals surface area contributed by atoms with E-state index in [0.29, 0.717) is 18.8 Å². The molecule has 1 aliphatic rings. The van der Waals surface area contributed by atoms with Crippen molar-refractivity contribution in [1.29, 1.82) is 0 Å². The second-order valence-corrected chi connectivity index (χ2v) is 6.53. The highest BCUT2D eigenvalue weighted by atomic mass is 16.5. The molecule has 130 valence electrons. The van der Waals surface area contributed by atoms with Crippen molar-refractivity contribution in [2.45, 2.75) is 19.4 Å². The van der Waals surface area contributed by atoms with Crippen molar-refractivity contribution >= 4 is 16.9 Å². The normalized spacial score (nSPS) is 18.5. The Morgan fingerprint density at radius 2 is 2.24 bits per heavy atom. The quantitative estimate of drug-likeness (QED) is 0.773. The van der Waals surface area contributed by atoms with Crippen molar-refractivity contribution in [1.82, 2.24) is 29.6 Å². The van der Waals surface area contributed by atoms with E-state index in [1.165, 1.54) is 0 Å². The van der Waals surface area contributed by atoms with Gasteiger partial charge in [-0.05, 0) is 13.0 Å². The highest BCUT2D eigenvalue weighted by molar-refractivity contribution is 5.84. The Labute approximate surface area is 144 Å². The third-order valence-corrected chi connectivity index (χ3v) is 4.63. The number of nitrogens with zero attached hydrogens (tertiary/aromatic N) is 5. The third-order valence-electron chi connectivity index (χ3n) is 4.63. The lowest BCUT2D eigenvalue weighted by atomic mass is 10.0. The fourth-order valence-electron chi connectivity index (χ4n) is 3.15. The molecule has 0 bridgehead atoms. The Hall–Kier alpha value is -2.90. The highest BCUT2D eigenvalue weighted by Gasteiger charge is 2.29. The molecule has 8 nitrogen and oxygen atoms in total. The summed E-state index contributed by atoms with van der Waals surface area (Å²) in [4.78, 5) is 20.6. The molecular weight excluding hydrogens is 320 g/mol. The number of carbonyl (C=O) groups excluding carboxylic acids is 1. The number of pyridine rings is 1. The van der Waals surface area contributed by atoms with Gasteiger partial charge < -0.3 is 14.6 Å².